The summed E-state index contributed by atoms with van der Waals surface area (Å²) < 4.78 is 14.5. The molecule has 0 aromatic rings. The lowest BCUT2D eigenvalue weighted by Gasteiger charge is -2.61. The lowest BCUT2D eigenvalue weighted by atomic mass is 9.44. The van der Waals surface area contributed by atoms with E-state index < -0.39 is 5.67 Å². The summed E-state index contributed by atoms with van der Waals surface area (Å²) in [5, 5.41) is 0. The Morgan fingerprint density at radius 2 is 1.62 bits per heavy atom. The average Bonchev–Trinajstić information content (AvgIpc) is 2.81. The smallest absolute Gasteiger partial charge is 0.108 e. The molecule has 3 unspecified atom stereocenters. The minimum absolute atomic E-state index is 0.457. The van der Waals surface area contributed by atoms with Crippen molar-refractivity contribution in [1.29, 1.82) is 0 Å². The van der Waals surface area contributed by atoms with Crippen LogP contribution in [-0.2, 0) is 0 Å². The van der Waals surface area contributed by atoms with Gasteiger partial charge in [-0.3, -0.25) is 0 Å². The van der Waals surface area contributed by atoms with E-state index in [0.717, 1.165) is 37.0 Å². The van der Waals surface area contributed by atoms with Crippen molar-refractivity contribution < 1.29 is 4.39 Å². The van der Waals surface area contributed by atoms with Crippen molar-refractivity contribution in [3.63, 3.8) is 0 Å². The summed E-state index contributed by atoms with van der Waals surface area (Å²) in [6.45, 7) is 6.98. The first-order valence-corrected chi connectivity index (χ1v) is 9.53. The van der Waals surface area contributed by atoms with E-state index in [1.807, 2.05) is 6.92 Å². The third kappa shape index (κ3) is 2.05. The molecule has 4 saturated carbocycles. The third-order valence-corrected chi connectivity index (χ3v) is 8.70. The molecular formula is C20H33F. The second-order valence-electron chi connectivity index (χ2n) is 9.86. The molecule has 0 amide bonds. The molecule has 0 saturated heterocycles. The van der Waals surface area contributed by atoms with Crippen LogP contribution in [0.15, 0.2) is 0 Å². The van der Waals surface area contributed by atoms with E-state index in [9.17, 15) is 4.39 Å². The van der Waals surface area contributed by atoms with Crippen molar-refractivity contribution >= 4 is 0 Å². The van der Waals surface area contributed by atoms with E-state index in [1.165, 1.54) is 44.9 Å². The van der Waals surface area contributed by atoms with Crippen molar-refractivity contribution in [2.45, 2.75) is 90.6 Å². The van der Waals surface area contributed by atoms with Crippen LogP contribution < -0.4 is 0 Å². The number of fused-ring (bicyclic) bond motifs is 5. The molecule has 7 atom stereocenters. The zero-order chi connectivity index (χ0) is 14.9. The van der Waals surface area contributed by atoms with Gasteiger partial charge in [-0.05, 0) is 99.2 Å². The van der Waals surface area contributed by atoms with Crippen LogP contribution in [0, 0.1) is 34.5 Å². The van der Waals surface area contributed by atoms with Gasteiger partial charge in [0.2, 0.25) is 0 Å². The van der Waals surface area contributed by atoms with E-state index in [-0.39, 0.29) is 0 Å². The molecule has 0 radical (unpaired) electrons. The minimum atomic E-state index is -0.881. The topological polar surface area (TPSA) is 0 Å². The minimum Gasteiger partial charge on any atom is -0.244 e. The van der Waals surface area contributed by atoms with Crippen LogP contribution in [0.25, 0.3) is 0 Å². The molecule has 21 heavy (non-hydrogen) atoms. The van der Waals surface area contributed by atoms with E-state index in [4.69, 9.17) is 0 Å². The normalized spacial score (nSPS) is 60.0. The molecule has 0 bridgehead atoms. The van der Waals surface area contributed by atoms with Gasteiger partial charge in [0, 0.05) is 0 Å². The molecule has 4 aliphatic carbocycles. The molecule has 0 heterocycles. The summed E-state index contributed by atoms with van der Waals surface area (Å²) >= 11 is 0. The number of halogens is 1. The van der Waals surface area contributed by atoms with Crippen LogP contribution in [0.2, 0.25) is 0 Å². The van der Waals surface area contributed by atoms with Crippen molar-refractivity contribution in [2.75, 3.05) is 0 Å². The Labute approximate surface area is 130 Å². The van der Waals surface area contributed by atoms with Crippen molar-refractivity contribution in [3.05, 3.63) is 0 Å². The van der Waals surface area contributed by atoms with Gasteiger partial charge in [0.1, 0.15) is 5.67 Å². The average molecular weight is 292 g/mol. The zero-order valence-electron chi connectivity index (χ0n) is 14.3. The standard InChI is InChI=1S/C20H33F/c1-18-9-4-5-16(18)15-7-6-14-13-19(2,21)11-12-20(14,3)17(15)8-10-18/h14-17H,4-13H2,1-3H3/t14-,15?,16-,17-,18?,19?,20-/m0/s1. The molecule has 0 aromatic heterocycles. The maximum absolute atomic E-state index is 14.5. The van der Waals surface area contributed by atoms with Crippen molar-refractivity contribution in [1.82, 2.24) is 0 Å². The number of hydrogen-bond donors (Lipinski definition) is 0. The monoisotopic (exact) mass is 292 g/mol. The van der Waals surface area contributed by atoms with Gasteiger partial charge in [0.15, 0.2) is 0 Å². The van der Waals surface area contributed by atoms with Crippen molar-refractivity contribution in [3.8, 4) is 0 Å². The van der Waals surface area contributed by atoms with E-state index >= 15 is 0 Å². The van der Waals surface area contributed by atoms with Gasteiger partial charge in [-0.2, -0.15) is 0 Å². The van der Waals surface area contributed by atoms with E-state index in [0.29, 0.717) is 16.7 Å². The molecule has 120 valence electrons. The Kier molecular flexibility index (Phi) is 3.10. The molecule has 1 heteroatoms. The number of hydrogen-bond acceptors (Lipinski definition) is 0. The lowest BCUT2D eigenvalue weighted by Crippen LogP contribution is -2.54. The summed E-state index contributed by atoms with van der Waals surface area (Å²) in [7, 11) is 0. The quantitative estimate of drug-likeness (QED) is 0.502. The fourth-order valence-electron chi connectivity index (χ4n) is 7.40. The molecule has 0 aromatic carbocycles. The highest BCUT2D eigenvalue weighted by atomic mass is 19.1. The highest BCUT2D eigenvalue weighted by molar-refractivity contribution is 5.08. The Morgan fingerprint density at radius 1 is 0.810 bits per heavy atom. The first-order chi connectivity index (χ1) is 9.84. The van der Waals surface area contributed by atoms with Crippen molar-refractivity contribution in [2.24, 2.45) is 34.5 Å². The molecule has 0 N–H and O–H groups in total. The van der Waals surface area contributed by atoms with E-state index in [1.54, 1.807) is 0 Å². The Hall–Kier alpha value is -0.0700. The lowest BCUT2D eigenvalue weighted by molar-refractivity contribution is -0.126. The van der Waals surface area contributed by atoms with Gasteiger partial charge in [0.05, 0.1) is 0 Å². The Bertz CT molecular complexity index is 428. The molecule has 4 rings (SSSR count). The first kappa shape index (κ1) is 14.5. The second-order valence-corrected chi connectivity index (χ2v) is 9.86. The van der Waals surface area contributed by atoms with Crippen LogP contribution >= 0.6 is 0 Å². The van der Waals surface area contributed by atoms with Gasteiger partial charge in [-0.1, -0.05) is 20.3 Å². The Morgan fingerprint density at radius 3 is 2.43 bits per heavy atom. The predicted octanol–water partition coefficient (Wildman–Crippen LogP) is 6.15. The van der Waals surface area contributed by atoms with Crippen LogP contribution in [-0.4, -0.2) is 5.67 Å². The van der Waals surface area contributed by atoms with Gasteiger partial charge in [-0.25, -0.2) is 4.39 Å². The van der Waals surface area contributed by atoms with E-state index in [2.05, 4.69) is 13.8 Å². The van der Waals surface area contributed by atoms with Crippen LogP contribution in [0.1, 0.15) is 85.0 Å². The zero-order valence-corrected chi connectivity index (χ0v) is 14.3. The van der Waals surface area contributed by atoms with Gasteiger partial charge in [-0.15, -0.1) is 0 Å². The molecule has 0 aliphatic heterocycles. The highest BCUT2D eigenvalue weighted by Gasteiger charge is 2.58. The maximum Gasteiger partial charge on any atom is 0.108 e. The molecule has 0 nitrogen and oxygen atoms in total. The molecule has 4 aliphatic rings. The van der Waals surface area contributed by atoms with Crippen LogP contribution in [0.3, 0.4) is 0 Å². The largest absolute Gasteiger partial charge is 0.244 e. The van der Waals surface area contributed by atoms with Crippen LogP contribution in [0.4, 0.5) is 4.39 Å². The third-order valence-electron chi connectivity index (χ3n) is 8.70. The molecular weight excluding hydrogens is 259 g/mol. The van der Waals surface area contributed by atoms with Crippen LogP contribution in [0.5, 0.6) is 0 Å². The summed E-state index contributed by atoms with van der Waals surface area (Å²) in [5.74, 6) is 3.53. The first-order valence-electron chi connectivity index (χ1n) is 9.53. The van der Waals surface area contributed by atoms with Gasteiger partial charge in [0.25, 0.3) is 0 Å². The fourth-order valence-corrected chi connectivity index (χ4v) is 7.40. The summed E-state index contributed by atoms with van der Waals surface area (Å²) in [6, 6.07) is 0. The second kappa shape index (κ2) is 4.48. The molecule has 0 spiro atoms. The summed E-state index contributed by atoms with van der Waals surface area (Å²) in [5.41, 5.74) is 0.236. The maximum atomic E-state index is 14.5. The SMILES string of the molecule is CC1(F)CC[C@@]2(C)[C@@H](CCC3[C@@H]4CCCC4(C)CC[C@@H]32)C1. The van der Waals surface area contributed by atoms with Gasteiger partial charge < -0.3 is 0 Å². The number of alkyl halides is 1. The number of rotatable bonds is 0. The fraction of sp³-hybridized carbons (Fsp3) is 1.00. The predicted molar refractivity (Wildman–Crippen MR) is 85.9 cm³/mol. The highest BCUT2D eigenvalue weighted by Crippen LogP contribution is 2.67. The summed E-state index contributed by atoms with van der Waals surface area (Å²) in [4.78, 5) is 0. The van der Waals surface area contributed by atoms with Gasteiger partial charge >= 0.3 is 0 Å². The molecule has 4 fully saturated rings. The Balaban J connectivity index is 1.62. The summed E-state index contributed by atoms with van der Waals surface area (Å²) in [6.07, 6.45) is 12.8.